The maximum absolute atomic E-state index is 10.7. The van der Waals surface area contributed by atoms with Crippen LogP contribution in [-0.2, 0) is 14.3 Å². The molecule has 1 aromatic carbocycles. The molecule has 104 valence electrons. The molecule has 0 saturated carbocycles. The van der Waals surface area contributed by atoms with Gasteiger partial charge in [0.15, 0.2) is 6.29 Å². The minimum absolute atomic E-state index is 0.305. The molecule has 0 aliphatic rings. The normalized spacial score (nSPS) is 11.9. The summed E-state index contributed by atoms with van der Waals surface area (Å²) in [4.78, 5) is 10.7. The van der Waals surface area contributed by atoms with Gasteiger partial charge in [0, 0.05) is 24.4 Å². The summed E-state index contributed by atoms with van der Waals surface area (Å²) in [5, 5.41) is 8.82. The van der Waals surface area contributed by atoms with Crippen LogP contribution in [0.3, 0.4) is 0 Å². The Kier molecular flexibility index (Phi) is 6.25. The average Bonchev–Trinajstić information content (AvgIpc) is 2.39. The van der Waals surface area contributed by atoms with Crippen molar-refractivity contribution in [1.29, 1.82) is 0 Å². The summed E-state index contributed by atoms with van der Waals surface area (Å²) in [7, 11) is 0. The Morgan fingerprint density at radius 2 is 1.74 bits per heavy atom. The van der Waals surface area contributed by atoms with Crippen molar-refractivity contribution in [3.8, 4) is 0 Å². The molecule has 0 amide bonds. The van der Waals surface area contributed by atoms with Crippen molar-refractivity contribution in [3.63, 3.8) is 0 Å². The molecule has 4 heteroatoms. The van der Waals surface area contributed by atoms with Crippen molar-refractivity contribution in [2.45, 2.75) is 27.1 Å². The largest absolute Gasteiger partial charge is 0.478 e. The summed E-state index contributed by atoms with van der Waals surface area (Å²) < 4.78 is 11.0. The molecule has 0 spiro atoms. The van der Waals surface area contributed by atoms with E-state index in [1.807, 2.05) is 38.1 Å². The number of carboxylic acids is 1. The summed E-state index contributed by atoms with van der Waals surface area (Å²) in [5.74, 6) is -0.911. The first kappa shape index (κ1) is 15.4. The third-order valence-electron chi connectivity index (χ3n) is 2.57. The first-order valence-electron chi connectivity index (χ1n) is 6.33. The molecule has 0 aromatic heterocycles. The minimum Gasteiger partial charge on any atom is -0.478 e. The molecular formula is C15H20O4. The van der Waals surface area contributed by atoms with Gasteiger partial charge in [-0.1, -0.05) is 24.3 Å². The molecule has 1 aromatic rings. The second-order valence-electron chi connectivity index (χ2n) is 4.04. The lowest BCUT2D eigenvalue weighted by Crippen LogP contribution is -2.08. The number of aliphatic carboxylic acids is 1. The van der Waals surface area contributed by atoms with E-state index >= 15 is 0 Å². The first-order chi connectivity index (χ1) is 9.08. The number of carboxylic acid groups (broad SMARTS) is 1. The van der Waals surface area contributed by atoms with Crippen molar-refractivity contribution in [2.75, 3.05) is 13.2 Å². The fraction of sp³-hybridized carbons (Fsp3) is 0.400. The van der Waals surface area contributed by atoms with Crippen molar-refractivity contribution in [2.24, 2.45) is 0 Å². The van der Waals surface area contributed by atoms with Gasteiger partial charge in [0.25, 0.3) is 0 Å². The third kappa shape index (κ3) is 4.85. The summed E-state index contributed by atoms with van der Waals surface area (Å²) in [6, 6.07) is 7.48. The zero-order chi connectivity index (χ0) is 14.3. The van der Waals surface area contributed by atoms with E-state index < -0.39 is 5.97 Å². The number of ether oxygens (including phenoxy) is 2. The molecule has 4 nitrogen and oxygen atoms in total. The van der Waals surface area contributed by atoms with Crippen LogP contribution in [0.15, 0.2) is 29.8 Å². The molecule has 0 heterocycles. The maximum Gasteiger partial charge on any atom is 0.331 e. The molecule has 0 fully saturated rings. The second-order valence-corrected chi connectivity index (χ2v) is 4.04. The van der Waals surface area contributed by atoms with Gasteiger partial charge in [-0.2, -0.15) is 0 Å². The summed E-state index contributed by atoms with van der Waals surface area (Å²) in [5.41, 5.74) is 2.07. The monoisotopic (exact) mass is 264 g/mol. The fourth-order valence-electron chi connectivity index (χ4n) is 1.60. The highest BCUT2D eigenvalue weighted by atomic mass is 16.7. The van der Waals surface area contributed by atoms with Gasteiger partial charge >= 0.3 is 5.97 Å². The Morgan fingerprint density at radius 3 is 2.16 bits per heavy atom. The SMILES string of the molecule is CCOC(OCC)c1ccc(/C=C(\C)C(=O)O)cc1. The van der Waals surface area contributed by atoms with Crippen LogP contribution < -0.4 is 0 Å². The van der Waals surface area contributed by atoms with Crippen LogP contribution in [0.25, 0.3) is 6.08 Å². The third-order valence-corrected chi connectivity index (χ3v) is 2.57. The lowest BCUT2D eigenvalue weighted by molar-refractivity contribution is -0.140. The standard InChI is InChI=1S/C15H20O4/c1-4-18-15(19-5-2)13-8-6-12(7-9-13)10-11(3)14(16)17/h6-10,15H,4-5H2,1-3H3,(H,16,17)/b11-10+. The molecule has 0 unspecified atom stereocenters. The average molecular weight is 264 g/mol. The van der Waals surface area contributed by atoms with E-state index in [9.17, 15) is 4.79 Å². The van der Waals surface area contributed by atoms with Gasteiger partial charge in [-0.15, -0.1) is 0 Å². The van der Waals surface area contributed by atoms with Crippen LogP contribution in [0.1, 0.15) is 38.2 Å². The molecule has 0 bridgehead atoms. The predicted molar refractivity (Wildman–Crippen MR) is 73.7 cm³/mol. The molecular weight excluding hydrogens is 244 g/mol. The van der Waals surface area contributed by atoms with E-state index in [1.54, 1.807) is 13.0 Å². The second kappa shape index (κ2) is 7.71. The van der Waals surface area contributed by atoms with Crippen LogP contribution in [0.5, 0.6) is 0 Å². The minimum atomic E-state index is -0.911. The number of benzene rings is 1. The van der Waals surface area contributed by atoms with E-state index in [4.69, 9.17) is 14.6 Å². The van der Waals surface area contributed by atoms with Crippen LogP contribution >= 0.6 is 0 Å². The Bertz CT molecular complexity index is 428. The quantitative estimate of drug-likeness (QED) is 0.606. The van der Waals surface area contributed by atoms with Crippen molar-refractivity contribution in [3.05, 3.63) is 41.0 Å². The summed E-state index contributed by atoms with van der Waals surface area (Å²) >= 11 is 0. The van der Waals surface area contributed by atoms with Crippen molar-refractivity contribution >= 4 is 12.0 Å². The molecule has 0 aliphatic heterocycles. The van der Waals surface area contributed by atoms with Crippen molar-refractivity contribution < 1.29 is 19.4 Å². The predicted octanol–water partition coefficient (Wildman–Crippen LogP) is 3.25. The number of hydrogen-bond donors (Lipinski definition) is 1. The van der Waals surface area contributed by atoms with E-state index in [1.165, 1.54) is 0 Å². The molecule has 19 heavy (non-hydrogen) atoms. The van der Waals surface area contributed by atoms with Crippen LogP contribution in [-0.4, -0.2) is 24.3 Å². The van der Waals surface area contributed by atoms with Gasteiger partial charge in [0.1, 0.15) is 0 Å². The van der Waals surface area contributed by atoms with Gasteiger partial charge in [-0.3, -0.25) is 0 Å². The van der Waals surface area contributed by atoms with E-state index in [0.717, 1.165) is 11.1 Å². The van der Waals surface area contributed by atoms with Crippen LogP contribution in [0.2, 0.25) is 0 Å². The van der Waals surface area contributed by atoms with Crippen LogP contribution in [0, 0.1) is 0 Å². The Balaban J connectivity index is 2.85. The summed E-state index contributed by atoms with van der Waals surface area (Å²) in [6.07, 6.45) is 1.26. The molecule has 1 rings (SSSR count). The highest BCUT2D eigenvalue weighted by Crippen LogP contribution is 2.20. The maximum atomic E-state index is 10.7. The Labute approximate surface area is 113 Å². The van der Waals surface area contributed by atoms with Crippen LogP contribution in [0.4, 0.5) is 0 Å². The Hall–Kier alpha value is -1.65. The van der Waals surface area contributed by atoms with E-state index in [2.05, 4.69) is 0 Å². The smallest absolute Gasteiger partial charge is 0.331 e. The zero-order valence-corrected chi connectivity index (χ0v) is 11.6. The fourth-order valence-corrected chi connectivity index (χ4v) is 1.60. The highest BCUT2D eigenvalue weighted by Gasteiger charge is 2.10. The molecule has 1 N–H and O–H groups in total. The zero-order valence-electron chi connectivity index (χ0n) is 11.6. The van der Waals surface area contributed by atoms with Crippen molar-refractivity contribution in [1.82, 2.24) is 0 Å². The molecule has 0 saturated heterocycles. The topological polar surface area (TPSA) is 55.8 Å². The van der Waals surface area contributed by atoms with Gasteiger partial charge in [-0.25, -0.2) is 4.79 Å². The first-order valence-corrected chi connectivity index (χ1v) is 6.33. The van der Waals surface area contributed by atoms with Gasteiger partial charge < -0.3 is 14.6 Å². The highest BCUT2D eigenvalue weighted by molar-refractivity contribution is 5.91. The molecule has 0 atom stereocenters. The Morgan fingerprint density at radius 1 is 1.21 bits per heavy atom. The lowest BCUT2D eigenvalue weighted by atomic mass is 10.1. The number of rotatable bonds is 7. The summed E-state index contributed by atoms with van der Waals surface area (Å²) in [6.45, 7) is 6.55. The van der Waals surface area contributed by atoms with E-state index in [0.29, 0.717) is 18.8 Å². The van der Waals surface area contributed by atoms with Gasteiger partial charge in [-0.05, 0) is 32.4 Å². The van der Waals surface area contributed by atoms with Gasteiger partial charge in [0.05, 0.1) is 0 Å². The van der Waals surface area contributed by atoms with Gasteiger partial charge in [0.2, 0.25) is 0 Å². The molecule has 0 radical (unpaired) electrons. The number of carbonyl (C=O) groups is 1. The van der Waals surface area contributed by atoms with E-state index in [-0.39, 0.29) is 6.29 Å². The number of hydrogen-bond acceptors (Lipinski definition) is 3. The molecule has 0 aliphatic carbocycles. The lowest BCUT2D eigenvalue weighted by Gasteiger charge is -2.17.